The third kappa shape index (κ3) is 3.73. The Labute approximate surface area is 110 Å². The summed E-state index contributed by atoms with van der Waals surface area (Å²) in [5, 5.41) is 12.6. The molecule has 0 fully saturated rings. The van der Waals surface area contributed by atoms with Crippen molar-refractivity contribution in [3.63, 3.8) is 0 Å². The van der Waals surface area contributed by atoms with E-state index in [1.54, 1.807) is 6.07 Å². The molecule has 94 valence electrons. The van der Waals surface area contributed by atoms with Crippen molar-refractivity contribution in [2.45, 2.75) is 38.4 Å². The number of phenols is 1. The SMILES string of the molecule is CCCC(Br)C(=O)Nc1cc(C)cc(C)c1O. The molecular formula is C13H18BrNO2. The second-order valence-corrected chi connectivity index (χ2v) is 5.33. The lowest BCUT2D eigenvalue weighted by Crippen LogP contribution is -2.22. The largest absolute Gasteiger partial charge is 0.505 e. The van der Waals surface area contributed by atoms with Crippen molar-refractivity contribution in [1.29, 1.82) is 0 Å². The lowest BCUT2D eigenvalue weighted by Gasteiger charge is -2.13. The molecule has 0 aliphatic rings. The maximum atomic E-state index is 11.8. The lowest BCUT2D eigenvalue weighted by molar-refractivity contribution is -0.115. The minimum Gasteiger partial charge on any atom is -0.505 e. The number of carbonyl (C=O) groups is 1. The number of phenolic OH excluding ortho intramolecular Hbond substituents is 1. The minimum atomic E-state index is -0.215. The molecule has 0 saturated carbocycles. The van der Waals surface area contributed by atoms with Crippen molar-refractivity contribution >= 4 is 27.5 Å². The second-order valence-electron chi connectivity index (χ2n) is 4.22. The van der Waals surface area contributed by atoms with Crippen LogP contribution in [0, 0.1) is 13.8 Å². The highest BCUT2D eigenvalue weighted by atomic mass is 79.9. The zero-order valence-corrected chi connectivity index (χ0v) is 12.0. The molecule has 3 nitrogen and oxygen atoms in total. The third-order valence-electron chi connectivity index (χ3n) is 2.53. The molecule has 1 aromatic rings. The number of benzene rings is 1. The second kappa shape index (κ2) is 6.05. The van der Waals surface area contributed by atoms with E-state index in [-0.39, 0.29) is 16.5 Å². The van der Waals surface area contributed by atoms with Gasteiger partial charge in [-0.15, -0.1) is 0 Å². The van der Waals surface area contributed by atoms with E-state index < -0.39 is 0 Å². The average molecular weight is 300 g/mol. The minimum absolute atomic E-state index is 0.118. The summed E-state index contributed by atoms with van der Waals surface area (Å²) < 4.78 is 0. The smallest absolute Gasteiger partial charge is 0.238 e. The molecular weight excluding hydrogens is 282 g/mol. The summed E-state index contributed by atoms with van der Waals surface area (Å²) in [5.74, 6) is 0.0206. The van der Waals surface area contributed by atoms with Gasteiger partial charge in [0.2, 0.25) is 5.91 Å². The van der Waals surface area contributed by atoms with Crippen LogP contribution in [0.1, 0.15) is 30.9 Å². The van der Waals surface area contributed by atoms with Crippen molar-refractivity contribution < 1.29 is 9.90 Å². The van der Waals surface area contributed by atoms with E-state index in [1.807, 2.05) is 26.8 Å². The fourth-order valence-corrected chi connectivity index (χ4v) is 2.22. The predicted molar refractivity (Wildman–Crippen MR) is 73.8 cm³/mol. The molecule has 0 spiro atoms. The van der Waals surface area contributed by atoms with E-state index >= 15 is 0 Å². The van der Waals surface area contributed by atoms with Crippen LogP contribution < -0.4 is 5.32 Å². The number of aryl methyl sites for hydroxylation is 2. The molecule has 0 aliphatic carbocycles. The lowest BCUT2D eigenvalue weighted by atomic mass is 10.1. The Morgan fingerprint density at radius 1 is 1.47 bits per heavy atom. The molecule has 17 heavy (non-hydrogen) atoms. The van der Waals surface area contributed by atoms with Gasteiger partial charge in [0.05, 0.1) is 10.5 Å². The molecule has 0 heterocycles. The first kappa shape index (κ1) is 14.0. The highest BCUT2D eigenvalue weighted by molar-refractivity contribution is 9.10. The molecule has 0 radical (unpaired) electrons. The molecule has 1 rings (SSSR count). The number of nitrogens with one attached hydrogen (secondary N) is 1. The summed E-state index contributed by atoms with van der Waals surface area (Å²) >= 11 is 3.33. The molecule has 0 aliphatic heterocycles. The van der Waals surface area contributed by atoms with Gasteiger partial charge in [0.25, 0.3) is 0 Å². The summed E-state index contributed by atoms with van der Waals surface area (Å²) in [6.07, 6.45) is 1.71. The zero-order valence-electron chi connectivity index (χ0n) is 10.4. The number of anilines is 1. The molecule has 0 aromatic heterocycles. The number of rotatable bonds is 4. The number of halogens is 1. The maximum absolute atomic E-state index is 11.8. The van der Waals surface area contributed by atoms with E-state index in [1.165, 1.54) is 0 Å². The van der Waals surface area contributed by atoms with E-state index in [0.717, 1.165) is 24.0 Å². The van der Waals surface area contributed by atoms with Crippen LogP contribution in [0.25, 0.3) is 0 Å². The van der Waals surface area contributed by atoms with Crippen molar-refractivity contribution in [1.82, 2.24) is 0 Å². The fraction of sp³-hybridized carbons (Fsp3) is 0.462. The van der Waals surface area contributed by atoms with Crippen molar-refractivity contribution in [2.24, 2.45) is 0 Å². The van der Waals surface area contributed by atoms with Crippen LogP contribution in [0.5, 0.6) is 5.75 Å². The molecule has 4 heteroatoms. The van der Waals surface area contributed by atoms with Crippen molar-refractivity contribution in [2.75, 3.05) is 5.32 Å². The third-order valence-corrected chi connectivity index (χ3v) is 3.40. The van der Waals surface area contributed by atoms with Crippen LogP contribution in [0.3, 0.4) is 0 Å². The topological polar surface area (TPSA) is 49.3 Å². The highest BCUT2D eigenvalue weighted by Crippen LogP contribution is 2.29. The van der Waals surface area contributed by atoms with E-state index in [4.69, 9.17) is 0 Å². The van der Waals surface area contributed by atoms with Gasteiger partial charge in [-0.05, 0) is 37.5 Å². The Morgan fingerprint density at radius 3 is 2.71 bits per heavy atom. The Balaban J connectivity index is 2.85. The van der Waals surface area contributed by atoms with Crippen LogP contribution >= 0.6 is 15.9 Å². The number of alkyl halides is 1. The van der Waals surface area contributed by atoms with Gasteiger partial charge in [-0.3, -0.25) is 4.79 Å². The fourth-order valence-electron chi connectivity index (χ4n) is 1.65. The van der Waals surface area contributed by atoms with Gasteiger partial charge in [-0.25, -0.2) is 0 Å². The Hall–Kier alpha value is -1.03. The highest BCUT2D eigenvalue weighted by Gasteiger charge is 2.16. The standard InChI is InChI=1S/C13H18BrNO2/c1-4-5-10(14)13(17)15-11-7-8(2)6-9(3)12(11)16/h6-7,10,16H,4-5H2,1-3H3,(H,15,17). The number of aromatic hydroxyl groups is 1. The summed E-state index contributed by atoms with van der Waals surface area (Å²) in [6, 6.07) is 3.65. The van der Waals surface area contributed by atoms with Crippen LogP contribution in [0.15, 0.2) is 12.1 Å². The number of hydrogen-bond acceptors (Lipinski definition) is 2. The van der Waals surface area contributed by atoms with Gasteiger partial charge >= 0.3 is 0 Å². The molecule has 2 N–H and O–H groups in total. The molecule has 1 amide bonds. The number of hydrogen-bond donors (Lipinski definition) is 2. The van der Waals surface area contributed by atoms with Gasteiger partial charge in [0.1, 0.15) is 5.75 Å². The zero-order chi connectivity index (χ0) is 13.0. The molecule has 1 atom stereocenters. The molecule has 0 saturated heterocycles. The Kier molecular flexibility index (Phi) is 5.00. The van der Waals surface area contributed by atoms with Crippen LogP contribution in [0.4, 0.5) is 5.69 Å². The van der Waals surface area contributed by atoms with Crippen LogP contribution in [-0.2, 0) is 4.79 Å². The van der Waals surface area contributed by atoms with E-state index in [0.29, 0.717) is 5.69 Å². The van der Waals surface area contributed by atoms with E-state index in [2.05, 4.69) is 21.2 Å². The van der Waals surface area contributed by atoms with Crippen molar-refractivity contribution in [3.8, 4) is 5.75 Å². The number of carbonyl (C=O) groups excluding carboxylic acids is 1. The summed E-state index contributed by atoms with van der Waals surface area (Å²) in [7, 11) is 0. The summed E-state index contributed by atoms with van der Waals surface area (Å²) in [5.41, 5.74) is 2.26. The van der Waals surface area contributed by atoms with Gasteiger partial charge in [0, 0.05) is 0 Å². The summed E-state index contributed by atoms with van der Waals surface area (Å²) in [6.45, 7) is 5.77. The van der Waals surface area contributed by atoms with Gasteiger partial charge in [-0.1, -0.05) is 35.3 Å². The average Bonchev–Trinajstić information content (AvgIpc) is 2.25. The van der Waals surface area contributed by atoms with Crippen molar-refractivity contribution in [3.05, 3.63) is 23.3 Å². The van der Waals surface area contributed by atoms with Gasteiger partial charge in [0.15, 0.2) is 0 Å². The van der Waals surface area contributed by atoms with Gasteiger partial charge < -0.3 is 10.4 Å². The quantitative estimate of drug-likeness (QED) is 0.660. The Morgan fingerprint density at radius 2 is 2.12 bits per heavy atom. The first-order valence-corrected chi connectivity index (χ1v) is 6.62. The number of amides is 1. The monoisotopic (exact) mass is 299 g/mol. The van der Waals surface area contributed by atoms with E-state index in [9.17, 15) is 9.90 Å². The van der Waals surface area contributed by atoms with Gasteiger partial charge in [-0.2, -0.15) is 0 Å². The van der Waals surface area contributed by atoms with Crippen LogP contribution in [-0.4, -0.2) is 15.8 Å². The van der Waals surface area contributed by atoms with Crippen LogP contribution in [0.2, 0.25) is 0 Å². The normalized spacial score (nSPS) is 12.2. The Bertz CT molecular complexity index is 418. The first-order valence-electron chi connectivity index (χ1n) is 5.70. The molecule has 0 bridgehead atoms. The molecule has 1 aromatic carbocycles. The summed E-state index contributed by atoms with van der Waals surface area (Å²) in [4.78, 5) is 11.6. The first-order chi connectivity index (χ1) is 7.95. The predicted octanol–water partition coefficient (Wildman–Crippen LogP) is 3.51. The maximum Gasteiger partial charge on any atom is 0.238 e. The molecule has 1 unspecified atom stereocenters.